The second kappa shape index (κ2) is 5.14. The highest BCUT2D eigenvalue weighted by Crippen LogP contribution is 2.32. The molecule has 1 atom stereocenters. The van der Waals surface area contributed by atoms with E-state index in [9.17, 15) is 0 Å². The van der Waals surface area contributed by atoms with Crippen LogP contribution in [0.2, 0.25) is 0 Å². The van der Waals surface area contributed by atoms with Gasteiger partial charge in [0.05, 0.1) is 12.6 Å². The summed E-state index contributed by atoms with van der Waals surface area (Å²) in [6.45, 7) is 3.88. The Bertz CT molecular complexity index is 361. The van der Waals surface area contributed by atoms with Crippen molar-refractivity contribution < 1.29 is 4.74 Å². The van der Waals surface area contributed by atoms with E-state index in [0.29, 0.717) is 0 Å². The van der Waals surface area contributed by atoms with E-state index < -0.39 is 0 Å². The first-order valence-electron chi connectivity index (χ1n) is 5.11. The molecule has 1 aliphatic heterocycles. The van der Waals surface area contributed by atoms with Crippen LogP contribution in [0.4, 0.5) is 0 Å². The molecule has 0 bridgehead atoms. The van der Waals surface area contributed by atoms with Crippen molar-refractivity contribution in [1.29, 1.82) is 0 Å². The lowest BCUT2D eigenvalue weighted by Gasteiger charge is -2.17. The van der Waals surface area contributed by atoms with Crippen LogP contribution in [0.25, 0.3) is 0 Å². The zero-order valence-electron chi connectivity index (χ0n) is 8.63. The van der Waals surface area contributed by atoms with E-state index in [-0.39, 0.29) is 6.04 Å². The maximum atomic E-state index is 5.62. The van der Waals surface area contributed by atoms with Crippen molar-refractivity contribution >= 4 is 27.3 Å². The SMILES string of the molecule is CCNC(C1=CCCO1)c1cc(Br)cs1. The van der Waals surface area contributed by atoms with Crippen LogP contribution in [0.15, 0.2) is 27.8 Å². The molecule has 2 heterocycles. The van der Waals surface area contributed by atoms with Crippen LogP contribution in [0, 0.1) is 0 Å². The average molecular weight is 288 g/mol. The van der Waals surface area contributed by atoms with Crippen LogP contribution in [-0.2, 0) is 4.74 Å². The molecule has 1 aromatic heterocycles. The van der Waals surface area contributed by atoms with Gasteiger partial charge in [0.25, 0.3) is 0 Å². The summed E-state index contributed by atoms with van der Waals surface area (Å²) in [6, 6.07) is 2.38. The molecule has 0 radical (unpaired) electrons. The first-order valence-corrected chi connectivity index (χ1v) is 6.78. The van der Waals surface area contributed by atoms with Gasteiger partial charge >= 0.3 is 0 Å². The van der Waals surface area contributed by atoms with Crippen LogP contribution in [-0.4, -0.2) is 13.2 Å². The Labute approximate surface area is 102 Å². The number of thiophene rings is 1. The number of likely N-dealkylation sites (N-methyl/N-ethyl adjacent to an activating group) is 1. The summed E-state index contributed by atoms with van der Waals surface area (Å²) in [5.74, 6) is 1.08. The molecule has 0 saturated carbocycles. The molecule has 4 heteroatoms. The van der Waals surface area contributed by atoms with Crippen molar-refractivity contribution in [3.63, 3.8) is 0 Å². The van der Waals surface area contributed by atoms with Crippen molar-refractivity contribution in [3.8, 4) is 0 Å². The molecule has 1 unspecified atom stereocenters. The number of hydrogen-bond donors (Lipinski definition) is 1. The fourth-order valence-electron chi connectivity index (χ4n) is 1.66. The van der Waals surface area contributed by atoms with Gasteiger partial charge in [-0.15, -0.1) is 11.3 Å². The molecule has 0 aliphatic carbocycles. The predicted molar refractivity (Wildman–Crippen MR) is 67.1 cm³/mol. The van der Waals surface area contributed by atoms with Gasteiger partial charge in [-0.25, -0.2) is 0 Å². The van der Waals surface area contributed by atoms with Gasteiger partial charge in [-0.2, -0.15) is 0 Å². The van der Waals surface area contributed by atoms with Crippen LogP contribution < -0.4 is 5.32 Å². The standard InChI is InChI=1S/C11H14BrNOS/c1-2-13-11(9-4-3-5-14-9)10-6-8(12)7-15-10/h4,6-7,11,13H,2-3,5H2,1H3. The lowest BCUT2D eigenvalue weighted by molar-refractivity contribution is 0.217. The Morgan fingerprint density at radius 2 is 2.53 bits per heavy atom. The Balaban J connectivity index is 2.18. The molecule has 82 valence electrons. The number of hydrogen-bond acceptors (Lipinski definition) is 3. The Morgan fingerprint density at radius 3 is 3.07 bits per heavy atom. The molecule has 1 N–H and O–H groups in total. The molecule has 0 amide bonds. The zero-order valence-corrected chi connectivity index (χ0v) is 11.0. The molecule has 1 aliphatic rings. The van der Waals surface area contributed by atoms with Crippen LogP contribution in [0.5, 0.6) is 0 Å². The van der Waals surface area contributed by atoms with Gasteiger partial charge < -0.3 is 10.1 Å². The minimum atomic E-state index is 0.230. The summed E-state index contributed by atoms with van der Waals surface area (Å²) in [6.07, 6.45) is 3.21. The maximum absolute atomic E-state index is 5.62. The monoisotopic (exact) mass is 287 g/mol. The van der Waals surface area contributed by atoms with Crippen LogP contribution in [0.1, 0.15) is 24.3 Å². The van der Waals surface area contributed by atoms with Crippen molar-refractivity contribution in [3.05, 3.63) is 32.6 Å². The van der Waals surface area contributed by atoms with E-state index in [2.05, 4.69) is 45.7 Å². The van der Waals surface area contributed by atoms with Gasteiger partial charge in [-0.3, -0.25) is 0 Å². The first kappa shape index (κ1) is 11.2. The van der Waals surface area contributed by atoms with Gasteiger partial charge in [-0.05, 0) is 34.6 Å². The van der Waals surface area contributed by atoms with Gasteiger partial charge in [0.1, 0.15) is 5.76 Å². The van der Waals surface area contributed by atoms with Gasteiger partial charge in [0, 0.05) is 21.2 Å². The van der Waals surface area contributed by atoms with Gasteiger partial charge in [0.2, 0.25) is 0 Å². The zero-order chi connectivity index (χ0) is 10.7. The second-order valence-electron chi connectivity index (χ2n) is 3.40. The third-order valence-electron chi connectivity index (χ3n) is 2.30. The van der Waals surface area contributed by atoms with Crippen LogP contribution in [0.3, 0.4) is 0 Å². The van der Waals surface area contributed by atoms with Crippen molar-refractivity contribution in [2.24, 2.45) is 0 Å². The molecule has 2 nitrogen and oxygen atoms in total. The van der Waals surface area contributed by atoms with E-state index in [1.54, 1.807) is 11.3 Å². The Morgan fingerprint density at radius 1 is 1.67 bits per heavy atom. The largest absolute Gasteiger partial charge is 0.496 e. The Kier molecular flexibility index (Phi) is 3.83. The highest BCUT2D eigenvalue weighted by Gasteiger charge is 2.21. The highest BCUT2D eigenvalue weighted by atomic mass is 79.9. The molecular weight excluding hydrogens is 274 g/mol. The van der Waals surface area contributed by atoms with Gasteiger partial charge in [0.15, 0.2) is 0 Å². The quantitative estimate of drug-likeness (QED) is 0.916. The molecule has 0 spiro atoms. The summed E-state index contributed by atoms with van der Waals surface area (Å²) in [5, 5.41) is 5.56. The van der Waals surface area contributed by atoms with E-state index in [0.717, 1.165) is 29.8 Å². The number of ether oxygens (including phenoxy) is 1. The number of nitrogens with one attached hydrogen (secondary N) is 1. The third kappa shape index (κ3) is 2.62. The van der Waals surface area contributed by atoms with Crippen LogP contribution >= 0.6 is 27.3 Å². The fourth-order valence-corrected chi connectivity index (χ4v) is 3.19. The summed E-state index contributed by atoms with van der Waals surface area (Å²) in [5.41, 5.74) is 0. The molecule has 0 fully saturated rings. The molecule has 2 rings (SSSR count). The van der Waals surface area contributed by atoms with E-state index in [4.69, 9.17) is 4.74 Å². The van der Waals surface area contributed by atoms with Crippen molar-refractivity contribution in [2.45, 2.75) is 19.4 Å². The summed E-state index contributed by atoms with van der Waals surface area (Å²) < 4.78 is 6.76. The first-order chi connectivity index (χ1) is 7.31. The third-order valence-corrected chi connectivity index (χ3v) is 4.06. The lowest BCUT2D eigenvalue weighted by Crippen LogP contribution is -2.22. The lowest BCUT2D eigenvalue weighted by atomic mass is 10.2. The van der Waals surface area contributed by atoms with Crippen molar-refractivity contribution in [1.82, 2.24) is 5.32 Å². The van der Waals surface area contributed by atoms with E-state index in [1.165, 1.54) is 4.88 Å². The summed E-state index contributed by atoms with van der Waals surface area (Å²) in [7, 11) is 0. The molecular formula is C11H14BrNOS. The predicted octanol–water partition coefficient (Wildman–Crippen LogP) is 3.47. The fraction of sp³-hybridized carbons (Fsp3) is 0.455. The summed E-state index contributed by atoms with van der Waals surface area (Å²) in [4.78, 5) is 1.30. The normalized spacial score (nSPS) is 17.3. The minimum absolute atomic E-state index is 0.230. The number of halogens is 1. The molecule has 0 aromatic carbocycles. The second-order valence-corrected chi connectivity index (χ2v) is 5.26. The molecule has 1 aromatic rings. The smallest absolute Gasteiger partial charge is 0.114 e. The summed E-state index contributed by atoms with van der Waals surface area (Å²) >= 11 is 5.24. The highest BCUT2D eigenvalue weighted by molar-refractivity contribution is 9.10. The van der Waals surface area contributed by atoms with Gasteiger partial charge in [-0.1, -0.05) is 6.92 Å². The minimum Gasteiger partial charge on any atom is -0.496 e. The number of rotatable bonds is 4. The van der Waals surface area contributed by atoms with E-state index >= 15 is 0 Å². The maximum Gasteiger partial charge on any atom is 0.114 e. The average Bonchev–Trinajstić information content (AvgIpc) is 2.85. The van der Waals surface area contributed by atoms with E-state index in [1.807, 2.05) is 0 Å². The topological polar surface area (TPSA) is 21.3 Å². The van der Waals surface area contributed by atoms with Crippen molar-refractivity contribution in [2.75, 3.05) is 13.2 Å². The molecule has 0 saturated heterocycles. The molecule has 15 heavy (non-hydrogen) atoms. The Hall–Kier alpha value is -0.320.